The van der Waals surface area contributed by atoms with E-state index in [1.807, 2.05) is 6.20 Å². The Morgan fingerprint density at radius 1 is 1.20 bits per heavy atom. The Kier molecular flexibility index (Phi) is 5.12. The maximum absolute atomic E-state index is 5.62. The molecule has 2 aromatic rings. The molecule has 0 aliphatic carbocycles. The van der Waals surface area contributed by atoms with Gasteiger partial charge in [0.05, 0.1) is 11.7 Å². The van der Waals surface area contributed by atoms with Crippen molar-refractivity contribution >= 4 is 11.0 Å². The molecular formula is C16H26N4. The number of aromatic nitrogens is 3. The van der Waals surface area contributed by atoms with Crippen LogP contribution in [0.25, 0.3) is 11.0 Å². The SMILES string of the molecule is CCCCc1nc2cnc(C)c(C)c2n1CCCCN. The molecule has 4 heteroatoms. The van der Waals surface area contributed by atoms with Crippen molar-refractivity contribution < 1.29 is 0 Å². The van der Waals surface area contributed by atoms with Crippen molar-refractivity contribution in [2.75, 3.05) is 6.54 Å². The Hall–Kier alpha value is -1.42. The summed E-state index contributed by atoms with van der Waals surface area (Å²) in [7, 11) is 0. The molecule has 2 heterocycles. The average Bonchev–Trinajstić information content (AvgIpc) is 2.80. The number of hydrogen-bond donors (Lipinski definition) is 1. The molecule has 0 unspecified atom stereocenters. The van der Waals surface area contributed by atoms with Gasteiger partial charge in [0, 0.05) is 18.7 Å². The quantitative estimate of drug-likeness (QED) is 0.789. The lowest BCUT2D eigenvalue weighted by atomic mass is 10.2. The van der Waals surface area contributed by atoms with Gasteiger partial charge in [0.2, 0.25) is 0 Å². The van der Waals surface area contributed by atoms with E-state index in [4.69, 9.17) is 10.7 Å². The van der Waals surface area contributed by atoms with E-state index in [1.165, 1.54) is 29.7 Å². The van der Waals surface area contributed by atoms with Crippen molar-refractivity contribution in [1.29, 1.82) is 0 Å². The van der Waals surface area contributed by atoms with Crippen molar-refractivity contribution in [2.45, 2.75) is 59.4 Å². The number of imidazole rings is 1. The first-order chi connectivity index (χ1) is 9.69. The maximum atomic E-state index is 5.62. The minimum absolute atomic E-state index is 0.760. The zero-order valence-corrected chi connectivity index (χ0v) is 12.9. The number of nitrogens with zero attached hydrogens (tertiary/aromatic N) is 3. The fourth-order valence-corrected chi connectivity index (χ4v) is 2.61. The van der Waals surface area contributed by atoms with Gasteiger partial charge in [0.15, 0.2) is 0 Å². The van der Waals surface area contributed by atoms with Crippen LogP contribution in [0.3, 0.4) is 0 Å². The first-order valence-electron chi connectivity index (χ1n) is 7.70. The summed E-state index contributed by atoms with van der Waals surface area (Å²) in [5.74, 6) is 1.20. The van der Waals surface area contributed by atoms with E-state index in [9.17, 15) is 0 Å². The molecule has 0 aliphatic heterocycles. The molecule has 20 heavy (non-hydrogen) atoms. The third-order valence-corrected chi connectivity index (χ3v) is 3.94. The molecule has 0 saturated carbocycles. The Morgan fingerprint density at radius 2 is 2.00 bits per heavy atom. The second-order valence-corrected chi connectivity index (χ2v) is 5.48. The molecular weight excluding hydrogens is 248 g/mol. The molecule has 2 N–H and O–H groups in total. The number of rotatable bonds is 7. The Bertz CT molecular complexity index is 571. The summed E-state index contributed by atoms with van der Waals surface area (Å²) in [6.07, 6.45) is 7.52. The van der Waals surface area contributed by atoms with Crippen LogP contribution in [0.2, 0.25) is 0 Å². The summed E-state index contributed by atoms with van der Waals surface area (Å²) in [4.78, 5) is 9.24. The molecule has 0 fully saturated rings. The van der Waals surface area contributed by atoms with Crippen LogP contribution in [0.5, 0.6) is 0 Å². The van der Waals surface area contributed by atoms with E-state index >= 15 is 0 Å². The summed E-state index contributed by atoms with van der Waals surface area (Å²) in [6.45, 7) is 8.21. The molecule has 4 nitrogen and oxygen atoms in total. The largest absolute Gasteiger partial charge is 0.330 e. The van der Waals surface area contributed by atoms with Crippen LogP contribution in [-0.2, 0) is 13.0 Å². The summed E-state index contributed by atoms with van der Waals surface area (Å²) in [5.41, 5.74) is 10.3. The highest BCUT2D eigenvalue weighted by molar-refractivity contribution is 5.79. The van der Waals surface area contributed by atoms with E-state index in [1.54, 1.807) is 0 Å². The first kappa shape index (κ1) is 15.0. The smallest absolute Gasteiger partial charge is 0.109 e. The summed E-state index contributed by atoms with van der Waals surface area (Å²) in [5, 5.41) is 0. The van der Waals surface area contributed by atoms with Gasteiger partial charge in [-0.3, -0.25) is 4.98 Å². The minimum Gasteiger partial charge on any atom is -0.330 e. The highest BCUT2D eigenvalue weighted by Crippen LogP contribution is 2.23. The highest BCUT2D eigenvalue weighted by atomic mass is 15.1. The molecule has 0 aromatic carbocycles. The van der Waals surface area contributed by atoms with Gasteiger partial charge >= 0.3 is 0 Å². The second-order valence-electron chi connectivity index (χ2n) is 5.48. The molecule has 0 aliphatic rings. The Morgan fingerprint density at radius 3 is 2.70 bits per heavy atom. The van der Waals surface area contributed by atoms with Crippen LogP contribution in [0.15, 0.2) is 6.20 Å². The number of hydrogen-bond acceptors (Lipinski definition) is 3. The number of pyridine rings is 1. The van der Waals surface area contributed by atoms with Crippen LogP contribution < -0.4 is 5.73 Å². The van der Waals surface area contributed by atoms with Gasteiger partial charge in [-0.2, -0.15) is 0 Å². The van der Waals surface area contributed by atoms with Crippen molar-refractivity contribution in [3.8, 4) is 0 Å². The van der Waals surface area contributed by atoms with Crippen LogP contribution in [0.4, 0.5) is 0 Å². The summed E-state index contributed by atoms with van der Waals surface area (Å²) in [6, 6.07) is 0. The standard InChI is InChI=1S/C16H26N4/c1-4-5-8-15-19-14-11-18-13(3)12(2)16(14)20(15)10-7-6-9-17/h11H,4-10,17H2,1-3H3. The second kappa shape index (κ2) is 6.84. The predicted octanol–water partition coefficient (Wildman–Crippen LogP) is 3.13. The summed E-state index contributed by atoms with van der Waals surface area (Å²) >= 11 is 0. The molecule has 0 radical (unpaired) electrons. The number of fused-ring (bicyclic) bond motifs is 1. The number of unbranched alkanes of at least 4 members (excludes halogenated alkanes) is 2. The first-order valence-corrected chi connectivity index (χ1v) is 7.70. The van der Waals surface area contributed by atoms with Gasteiger partial charge in [0.1, 0.15) is 11.3 Å². The average molecular weight is 274 g/mol. The van der Waals surface area contributed by atoms with E-state index in [-0.39, 0.29) is 0 Å². The zero-order chi connectivity index (χ0) is 14.5. The fraction of sp³-hybridized carbons (Fsp3) is 0.625. The third kappa shape index (κ3) is 3.01. The van der Waals surface area contributed by atoms with Crippen LogP contribution >= 0.6 is 0 Å². The van der Waals surface area contributed by atoms with Crippen LogP contribution in [-0.4, -0.2) is 21.1 Å². The van der Waals surface area contributed by atoms with Gasteiger partial charge in [-0.05, 0) is 45.2 Å². The van der Waals surface area contributed by atoms with E-state index < -0.39 is 0 Å². The van der Waals surface area contributed by atoms with Crippen LogP contribution in [0, 0.1) is 13.8 Å². The number of aryl methyl sites for hydroxylation is 4. The molecule has 2 rings (SSSR count). The van der Waals surface area contributed by atoms with E-state index in [0.29, 0.717) is 0 Å². The van der Waals surface area contributed by atoms with Gasteiger partial charge < -0.3 is 10.3 Å². The molecule has 2 aromatic heterocycles. The maximum Gasteiger partial charge on any atom is 0.109 e. The fourth-order valence-electron chi connectivity index (χ4n) is 2.61. The Balaban J connectivity index is 2.42. The molecule has 0 bridgehead atoms. The molecule has 0 spiro atoms. The zero-order valence-electron chi connectivity index (χ0n) is 12.9. The van der Waals surface area contributed by atoms with Crippen molar-refractivity contribution in [3.63, 3.8) is 0 Å². The topological polar surface area (TPSA) is 56.7 Å². The van der Waals surface area contributed by atoms with Crippen molar-refractivity contribution in [3.05, 3.63) is 23.3 Å². The minimum atomic E-state index is 0.760. The van der Waals surface area contributed by atoms with Gasteiger partial charge in [-0.1, -0.05) is 13.3 Å². The normalized spacial score (nSPS) is 11.4. The molecule has 0 saturated heterocycles. The molecule has 110 valence electrons. The monoisotopic (exact) mass is 274 g/mol. The molecule has 0 atom stereocenters. The molecule has 0 amide bonds. The lowest BCUT2D eigenvalue weighted by Crippen LogP contribution is -2.07. The van der Waals surface area contributed by atoms with Gasteiger partial charge in [0.25, 0.3) is 0 Å². The highest BCUT2D eigenvalue weighted by Gasteiger charge is 2.13. The lowest BCUT2D eigenvalue weighted by Gasteiger charge is -2.10. The number of nitrogens with two attached hydrogens (primary N) is 1. The van der Waals surface area contributed by atoms with Gasteiger partial charge in [-0.15, -0.1) is 0 Å². The summed E-state index contributed by atoms with van der Waals surface area (Å²) < 4.78 is 2.39. The van der Waals surface area contributed by atoms with Crippen molar-refractivity contribution in [1.82, 2.24) is 14.5 Å². The Labute approximate surface area is 121 Å². The van der Waals surface area contributed by atoms with Crippen molar-refractivity contribution in [2.24, 2.45) is 5.73 Å². The van der Waals surface area contributed by atoms with E-state index in [2.05, 4.69) is 30.3 Å². The predicted molar refractivity (Wildman–Crippen MR) is 83.9 cm³/mol. The van der Waals surface area contributed by atoms with Crippen LogP contribution in [0.1, 0.15) is 49.7 Å². The van der Waals surface area contributed by atoms with E-state index in [0.717, 1.165) is 43.6 Å². The van der Waals surface area contributed by atoms with Gasteiger partial charge in [-0.25, -0.2) is 4.98 Å². The third-order valence-electron chi connectivity index (χ3n) is 3.94. The lowest BCUT2D eigenvalue weighted by molar-refractivity contribution is 0.591.